The lowest BCUT2D eigenvalue weighted by atomic mass is 10.2. The van der Waals surface area contributed by atoms with Crippen LogP contribution in [0, 0.1) is 5.82 Å². The summed E-state index contributed by atoms with van der Waals surface area (Å²) in [5.41, 5.74) is 8.13. The van der Waals surface area contributed by atoms with Gasteiger partial charge in [-0.15, -0.1) is 0 Å². The molecule has 6 heteroatoms. The predicted molar refractivity (Wildman–Crippen MR) is 80.6 cm³/mol. The maximum atomic E-state index is 13.1. The van der Waals surface area contributed by atoms with Gasteiger partial charge in [0.2, 0.25) is 0 Å². The van der Waals surface area contributed by atoms with Crippen LogP contribution in [-0.4, -0.2) is 13.2 Å². The Bertz CT molecular complexity index is 679. The largest absolute Gasteiger partial charge is 0.486 e. The highest BCUT2D eigenvalue weighted by atomic mass is 35.5. The van der Waals surface area contributed by atoms with Crippen LogP contribution < -0.4 is 20.5 Å². The number of hydrogen-bond donors (Lipinski definition) is 2. The fourth-order valence-electron chi connectivity index (χ4n) is 2.10. The Hall–Kier alpha value is -2.14. The topological polar surface area (TPSA) is 56.5 Å². The first-order valence-corrected chi connectivity index (χ1v) is 6.88. The third-order valence-electron chi connectivity index (χ3n) is 3.18. The summed E-state index contributed by atoms with van der Waals surface area (Å²) in [7, 11) is 0. The molecular weight excluding hydrogens is 295 g/mol. The van der Waals surface area contributed by atoms with Crippen LogP contribution in [0.15, 0.2) is 30.3 Å². The third-order valence-corrected chi connectivity index (χ3v) is 3.47. The van der Waals surface area contributed by atoms with Crippen LogP contribution in [0.25, 0.3) is 0 Å². The number of halogens is 2. The maximum Gasteiger partial charge on any atom is 0.163 e. The van der Waals surface area contributed by atoms with E-state index in [1.54, 1.807) is 24.3 Å². The van der Waals surface area contributed by atoms with Crippen molar-refractivity contribution in [3.05, 3.63) is 46.7 Å². The van der Waals surface area contributed by atoms with Gasteiger partial charge in [0.1, 0.15) is 19.0 Å². The minimum absolute atomic E-state index is 0.101. The van der Waals surface area contributed by atoms with Crippen LogP contribution >= 0.6 is 11.6 Å². The lowest BCUT2D eigenvalue weighted by Crippen LogP contribution is -2.16. The van der Waals surface area contributed by atoms with Gasteiger partial charge in [0.25, 0.3) is 0 Å². The van der Waals surface area contributed by atoms with Gasteiger partial charge < -0.3 is 20.5 Å². The van der Waals surface area contributed by atoms with Crippen molar-refractivity contribution in [2.24, 2.45) is 0 Å². The number of anilines is 2. The smallest absolute Gasteiger partial charge is 0.163 e. The molecule has 0 amide bonds. The Labute approximate surface area is 126 Å². The summed E-state index contributed by atoms with van der Waals surface area (Å²) < 4.78 is 24.1. The van der Waals surface area contributed by atoms with E-state index in [4.69, 9.17) is 26.8 Å². The highest BCUT2D eigenvalue weighted by Crippen LogP contribution is 2.37. The fraction of sp³-hybridized carbons (Fsp3) is 0.200. The third kappa shape index (κ3) is 2.97. The van der Waals surface area contributed by atoms with Crippen molar-refractivity contribution in [2.45, 2.75) is 6.54 Å². The molecule has 0 saturated carbocycles. The van der Waals surface area contributed by atoms with E-state index in [0.29, 0.717) is 36.9 Å². The molecule has 0 atom stereocenters. The molecule has 0 unspecified atom stereocenters. The second-order valence-corrected chi connectivity index (χ2v) is 5.09. The highest BCUT2D eigenvalue weighted by molar-refractivity contribution is 6.30. The summed E-state index contributed by atoms with van der Waals surface area (Å²) in [5, 5.41) is 3.29. The average Bonchev–Trinajstić information content (AvgIpc) is 2.48. The minimum atomic E-state index is -0.431. The van der Waals surface area contributed by atoms with Crippen LogP contribution in [0.2, 0.25) is 5.02 Å². The highest BCUT2D eigenvalue weighted by Gasteiger charge is 2.14. The van der Waals surface area contributed by atoms with Crippen molar-refractivity contribution in [1.82, 2.24) is 0 Å². The number of nitrogens with one attached hydrogen (secondary N) is 1. The molecule has 1 aliphatic rings. The molecule has 0 saturated heterocycles. The molecule has 0 spiro atoms. The quantitative estimate of drug-likeness (QED) is 0.853. The first-order valence-electron chi connectivity index (χ1n) is 6.50. The number of nitrogen functional groups attached to an aromatic ring is 1. The van der Waals surface area contributed by atoms with Crippen molar-refractivity contribution >= 4 is 23.0 Å². The summed E-state index contributed by atoms with van der Waals surface area (Å²) in [6.45, 7) is 1.51. The monoisotopic (exact) mass is 308 g/mol. The zero-order chi connectivity index (χ0) is 14.8. The summed E-state index contributed by atoms with van der Waals surface area (Å²) in [5.74, 6) is 0.878. The Kier molecular flexibility index (Phi) is 3.75. The predicted octanol–water partition coefficient (Wildman–Crippen LogP) is 3.44. The number of rotatable bonds is 3. The van der Waals surface area contributed by atoms with Crippen molar-refractivity contribution in [1.29, 1.82) is 0 Å². The molecule has 0 aliphatic carbocycles. The van der Waals surface area contributed by atoms with Gasteiger partial charge in [-0.2, -0.15) is 0 Å². The maximum absolute atomic E-state index is 13.1. The van der Waals surface area contributed by atoms with E-state index in [1.165, 1.54) is 6.07 Å². The molecule has 3 N–H and O–H groups in total. The lowest BCUT2D eigenvalue weighted by Gasteiger charge is -2.20. The molecule has 0 bridgehead atoms. The van der Waals surface area contributed by atoms with Crippen LogP contribution in [0.1, 0.15) is 5.56 Å². The van der Waals surface area contributed by atoms with Crippen molar-refractivity contribution in [3.8, 4) is 11.5 Å². The molecule has 0 radical (unpaired) electrons. The summed E-state index contributed by atoms with van der Waals surface area (Å²) in [6, 6.07) is 8.12. The Morgan fingerprint density at radius 3 is 2.57 bits per heavy atom. The molecule has 2 aromatic rings. The Balaban J connectivity index is 1.77. The van der Waals surface area contributed by atoms with Crippen LogP contribution in [0.3, 0.4) is 0 Å². The summed E-state index contributed by atoms with van der Waals surface area (Å²) >= 11 is 5.76. The number of fused-ring (bicyclic) bond motifs is 1. The van der Waals surface area contributed by atoms with E-state index >= 15 is 0 Å². The van der Waals surface area contributed by atoms with Crippen LogP contribution in [-0.2, 0) is 6.54 Å². The van der Waals surface area contributed by atoms with Crippen LogP contribution in [0.5, 0.6) is 11.5 Å². The number of benzene rings is 2. The molecule has 0 fully saturated rings. The van der Waals surface area contributed by atoms with Gasteiger partial charge in [-0.25, -0.2) is 4.39 Å². The molecule has 1 aliphatic heterocycles. The van der Waals surface area contributed by atoms with E-state index < -0.39 is 5.82 Å². The molecule has 0 aromatic heterocycles. The van der Waals surface area contributed by atoms with Gasteiger partial charge in [-0.1, -0.05) is 17.7 Å². The average molecular weight is 309 g/mol. The normalized spacial score (nSPS) is 13.0. The first kappa shape index (κ1) is 13.8. The standard InChI is InChI=1S/C15H14ClFN2O2/c16-10-5-9(1-2-11(10)17)8-19-13-7-15-14(6-12(13)18)20-3-4-21-15/h1-2,5-7,19H,3-4,8,18H2. The lowest BCUT2D eigenvalue weighted by molar-refractivity contribution is 0.172. The van der Waals surface area contributed by atoms with Gasteiger partial charge in [0, 0.05) is 18.7 Å². The molecule has 110 valence electrons. The van der Waals surface area contributed by atoms with E-state index in [9.17, 15) is 4.39 Å². The fourth-order valence-corrected chi connectivity index (χ4v) is 2.31. The SMILES string of the molecule is Nc1cc2c(cc1NCc1ccc(F)c(Cl)c1)OCCO2. The van der Waals surface area contributed by atoms with Crippen molar-refractivity contribution in [2.75, 3.05) is 24.3 Å². The molecule has 1 heterocycles. The van der Waals surface area contributed by atoms with E-state index in [0.717, 1.165) is 11.3 Å². The van der Waals surface area contributed by atoms with Gasteiger partial charge in [-0.05, 0) is 17.7 Å². The Morgan fingerprint density at radius 1 is 1.14 bits per heavy atom. The Morgan fingerprint density at radius 2 is 1.86 bits per heavy atom. The van der Waals surface area contributed by atoms with Gasteiger partial charge in [-0.3, -0.25) is 0 Å². The molecular formula is C15H14ClFN2O2. The first-order chi connectivity index (χ1) is 10.1. The van der Waals surface area contributed by atoms with Crippen LogP contribution in [0.4, 0.5) is 15.8 Å². The van der Waals surface area contributed by atoms with Crippen molar-refractivity contribution in [3.63, 3.8) is 0 Å². The zero-order valence-electron chi connectivity index (χ0n) is 11.2. The second kappa shape index (κ2) is 5.69. The number of nitrogens with two attached hydrogens (primary N) is 1. The summed E-state index contributed by atoms with van der Waals surface area (Å²) in [6.07, 6.45) is 0. The van der Waals surface area contributed by atoms with E-state index in [1.807, 2.05) is 0 Å². The van der Waals surface area contributed by atoms with Gasteiger partial charge >= 0.3 is 0 Å². The second-order valence-electron chi connectivity index (χ2n) is 4.69. The molecule has 3 rings (SSSR count). The molecule has 21 heavy (non-hydrogen) atoms. The van der Waals surface area contributed by atoms with Crippen molar-refractivity contribution < 1.29 is 13.9 Å². The van der Waals surface area contributed by atoms with E-state index in [2.05, 4.69) is 5.32 Å². The number of hydrogen-bond acceptors (Lipinski definition) is 4. The molecule has 2 aromatic carbocycles. The van der Waals surface area contributed by atoms with E-state index in [-0.39, 0.29) is 5.02 Å². The zero-order valence-corrected chi connectivity index (χ0v) is 11.9. The van der Waals surface area contributed by atoms with Gasteiger partial charge in [0.15, 0.2) is 11.5 Å². The number of ether oxygens (including phenoxy) is 2. The van der Waals surface area contributed by atoms with Gasteiger partial charge in [0.05, 0.1) is 16.4 Å². The summed E-state index contributed by atoms with van der Waals surface area (Å²) in [4.78, 5) is 0. The molecule has 4 nitrogen and oxygen atoms in total. The minimum Gasteiger partial charge on any atom is -0.486 e.